The molecule has 3 rings (SSSR count). The highest BCUT2D eigenvalue weighted by Crippen LogP contribution is 2.32. The minimum atomic E-state index is -0.318. The average Bonchev–Trinajstić information content (AvgIpc) is 2.68. The van der Waals surface area contributed by atoms with Crippen molar-refractivity contribution in [3.63, 3.8) is 0 Å². The molecule has 132 valence electrons. The Balaban J connectivity index is 1.55. The summed E-state index contributed by atoms with van der Waals surface area (Å²) in [6.07, 6.45) is 3.63. The molecule has 0 saturated carbocycles. The van der Waals surface area contributed by atoms with Crippen molar-refractivity contribution < 1.29 is 9.53 Å². The van der Waals surface area contributed by atoms with Crippen molar-refractivity contribution >= 4 is 50.6 Å². The second kappa shape index (κ2) is 8.87. The van der Waals surface area contributed by atoms with E-state index in [-0.39, 0.29) is 12.5 Å². The monoisotopic (exact) mass is 428 g/mol. The number of ether oxygens (including phenoxy) is 1. The van der Waals surface area contributed by atoms with E-state index in [1.54, 1.807) is 18.0 Å². The molecule has 0 aliphatic carbocycles. The van der Waals surface area contributed by atoms with Gasteiger partial charge in [0.2, 0.25) is 0 Å². The van der Waals surface area contributed by atoms with Gasteiger partial charge in [-0.25, -0.2) is 5.43 Å². The fraction of sp³-hybridized carbons (Fsp3) is 0.100. The summed E-state index contributed by atoms with van der Waals surface area (Å²) in [7, 11) is 0. The molecule has 0 radical (unpaired) electrons. The van der Waals surface area contributed by atoms with Gasteiger partial charge in [-0.05, 0) is 56.7 Å². The molecule has 0 heterocycles. The Hall–Kier alpha value is -2.31. The van der Waals surface area contributed by atoms with Crippen LogP contribution in [0.4, 0.5) is 0 Å². The fourth-order valence-corrected chi connectivity index (χ4v) is 3.39. The summed E-state index contributed by atoms with van der Waals surface area (Å²) in [4.78, 5) is 13.1. The predicted octanol–water partition coefficient (Wildman–Crippen LogP) is 4.85. The quantitative estimate of drug-likeness (QED) is 0.346. The molecule has 0 atom stereocenters. The van der Waals surface area contributed by atoms with Crippen LogP contribution in [0.15, 0.2) is 75.1 Å². The molecule has 1 N–H and O–H groups in total. The first kappa shape index (κ1) is 18.5. The van der Waals surface area contributed by atoms with E-state index in [9.17, 15) is 4.79 Å². The molecule has 26 heavy (non-hydrogen) atoms. The van der Waals surface area contributed by atoms with E-state index in [2.05, 4.69) is 26.5 Å². The number of fused-ring (bicyclic) bond motifs is 1. The molecular formula is C20H17BrN2O2S. The Morgan fingerprint density at radius 3 is 2.69 bits per heavy atom. The normalized spacial score (nSPS) is 11.0. The van der Waals surface area contributed by atoms with Crippen LogP contribution in [-0.4, -0.2) is 25.0 Å². The minimum absolute atomic E-state index is 0.111. The summed E-state index contributed by atoms with van der Waals surface area (Å²) < 4.78 is 6.44. The standard InChI is InChI=1S/C20H17BrN2O2S/c1-26-16-9-6-14(7-10-16)12-22-23-19(24)13-25-18-11-8-15-4-2-3-5-17(15)20(18)21/h2-12H,13H2,1H3,(H,23,24)/b22-12+. The van der Waals surface area contributed by atoms with Crippen LogP contribution in [0.3, 0.4) is 0 Å². The molecule has 0 aromatic heterocycles. The van der Waals surface area contributed by atoms with Crippen LogP contribution in [0.25, 0.3) is 10.8 Å². The van der Waals surface area contributed by atoms with Gasteiger partial charge in [0.1, 0.15) is 5.75 Å². The SMILES string of the molecule is CSc1ccc(/C=N/NC(=O)COc2ccc3ccccc3c2Br)cc1. The lowest BCUT2D eigenvalue weighted by atomic mass is 10.1. The lowest BCUT2D eigenvalue weighted by Gasteiger charge is -2.09. The maximum atomic E-state index is 11.9. The molecule has 1 amide bonds. The Kier molecular flexibility index (Phi) is 6.30. The lowest BCUT2D eigenvalue weighted by Crippen LogP contribution is -2.24. The summed E-state index contributed by atoms with van der Waals surface area (Å²) in [6, 6.07) is 19.7. The van der Waals surface area contributed by atoms with Crippen molar-refractivity contribution in [3.05, 3.63) is 70.7 Å². The van der Waals surface area contributed by atoms with Gasteiger partial charge in [-0.2, -0.15) is 5.10 Å². The molecule has 4 nitrogen and oxygen atoms in total. The van der Waals surface area contributed by atoms with Crippen LogP contribution < -0.4 is 10.2 Å². The fourth-order valence-electron chi connectivity index (χ4n) is 2.37. The molecule has 0 bridgehead atoms. The van der Waals surface area contributed by atoms with Crippen LogP contribution in [0.5, 0.6) is 5.75 Å². The zero-order chi connectivity index (χ0) is 18.4. The number of carbonyl (C=O) groups is 1. The van der Waals surface area contributed by atoms with Gasteiger partial charge in [0.25, 0.3) is 5.91 Å². The van der Waals surface area contributed by atoms with Crippen LogP contribution in [0.1, 0.15) is 5.56 Å². The van der Waals surface area contributed by atoms with Gasteiger partial charge in [0.15, 0.2) is 6.61 Å². The summed E-state index contributed by atoms with van der Waals surface area (Å²) >= 11 is 5.22. The maximum absolute atomic E-state index is 11.9. The number of halogens is 1. The number of hydrazone groups is 1. The first-order valence-electron chi connectivity index (χ1n) is 7.93. The Morgan fingerprint density at radius 2 is 1.92 bits per heavy atom. The van der Waals surface area contributed by atoms with E-state index in [4.69, 9.17) is 4.74 Å². The van der Waals surface area contributed by atoms with Crippen LogP contribution in [-0.2, 0) is 4.79 Å². The van der Waals surface area contributed by atoms with Crippen molar-refractivity contribution in [2.24, 2.45) is 5.10 Å². The third-order valence-electron chi connectivity index (χ3n) is 3.71. The summed E-state index contributed by atoms with van der Waals surface area (Å²) in [5.41, 5.74) is 3.39. The molecule has 0 aliphatic rings. The lowest BCUT2D eigenvalue weighted by molar-refractivity contribution is -0.123. The highest BCUT2D eigenvalue weighted by atomic mass is 79.9. The molecule has 0 aliphatic heterocycles. The van der Waals surface area contributed by atoms with Gasteiger partial charge in [-0.15, -0.1) is 11.8 Å². The molecule has 3 aromatic rings. The Labute approximate surface area is 164 Å². The highest BCUT2D eigenvalue weighted by molar-refractivity contribution is 9.10. The van der Waals surface area contributed by atoms with Gasteiger partial charge in [0.05, 0.1) is 10.7 Å². The summed E-state index contributed by atoms with van der Waals surface area (Å²) in [5, 5.41) is 6.10. The number of rotatable bonds is 6. The largest absolute Gasteiger partial charge is 0.483 e. The third kappa shape index (κ3) is 4.65. The number of amides is 1. The molecule has 3 aromatic carbocycles. The van der Waals surface area contributed by atoms with E-state index < -0.39 is 0 Å². The first-order valence-corrected chi connectivity index (χ1v) is 9.95. The van der Waals surface area contributed by atoms with Crippen molar-refractivity contribution in [1.29, 1.82) is 0 Å². The van der Waals surface area contributed by atoms with E-state index in [0.29, 0.717) is 5.75 Å². The Bertz CT molecular complexity index is 942. The third-order valence-corrected chi connectivity index (χ3v) is 5.27. The van der Waals surface area contributed by atoms with Crippen molar-refractivity contribution in [3.8, 4) is 5.75 Å². The molecular weight excluding hydrogens is 412 g/mol. The molecule has 0 fully saturated rings. The molecule has 0 spiro atoms. The minimum Gasteiger partial charge on any atom is -0.483 e. The van der Waals surface area contributed by atoms with Crippen LogP contribution in [0.2, 0.25) is 0 Å². The Morgan fingerprint density at radius 1 is 1.15 bits per heavy atom. The van der Waals surface area contributed by atoms with Gasteiger partial charge in [-0.3, -0.25) is 4.79 Å². The van der Waals surface area contributed by atoms with Crippen LogP contribution in [0, 0.1) is 0 Å². The van der Waals surface area contributed by atoms with E-state index >= 15 is 0 Å². The first-order chi connectivity index (χ1) is 12.7. The van der Waals surface area contributed by atoms with Crippen molar-refractivity contribution in [2.45, 2.75) is 4.90 Å². The van der Waals surface area contributed by atoms with Gasteiger partial charge in [-0.1, -0.05) is 42.5 Å². The van der Waals surface area contributed by atoms with Crippen molar-refractivity contribution in [1.82, 2.24) is 5.43 Å². The zero-order valence-corrected chi connectivity index (χ0v) is 16.5. The number of thioether (sulfide) groups is 1. The average molecular weight is 429 g/mol. The van der Waals surface area contributed by atoms with Gasteiger partial charge < -0.3 is 4.74 Å². The van der Waals surface area contributed by atoms with Gasteiger partial charge in [0, 0.05) is 4.90 Å². The molecule has 6 heteroatoms. The van der Waals surface area contributed by atoms with Gasteiger partial charge >= 0.3 is 0 Å². The number of nitrogens with zero attached hydrogens (tertiary/aromatic N) is 1. The number of carbonyl (C=O) groups excluding carboxylic acids is 1. The van der Waals surface area contributed by atoms with E-state index in [0.717, 1.165) is 20.8 Å². The highest BCUT2D eigenvalue weighted by Gasteiger charge is 2.08. The number of benzene rings is 3. The molecule has 0 saturated heterocycles. The number of hydrogen-bond acceptors (Lipinski definition) is 4. The number of hydrogen-bond donors (Lipinski definition) is 1. The number of nitrogens with one attached hydrogen (secondary N) is 1. The topological polar surface area (TPSA) is 50.7 Å². The predicted molar refractivity (Wildman–Crippen MR) is 111 cm³/mol. The maximum Gasteiger partial charge on any atom is 0.277 e. The van der Waals surface area contributed by atoms with Crippen molar-refractivity contribution in [2.75, 3.05) is 12.9 Å². The zero-order valence-electron chi connectivity index (χ0n) is 14.1. The second-order valence-electron chi connectivity index (χ2n) is 5.45. The van der Waals surface area contributed by atoms with E-state index in [1.807, 2.05) is 66.9 Å². The molecule has 0 unspecified atom stereocenters. The second-order valence-corrected chi connectivity index (χ2v) is 7.13. The van der Waals surface area contributed by atoms with E-state index in [1.165, 1.54) is 4.90 Å². The summed E-state index contributed by atoms with van der Waals surface area (Å²) in [6.45, 7) is -0.111. The smallest absolute Gasteiger partial charge is 0.277 e. The van der Waals surface area contributed by atoms with Crippen LogP contribution >= 0.6 is 27.7 Å². The summed E-state index contributed by atoms with van der Waals surface area (Å²) in [5.74, 6) is 0.303.